The van der Waals surface area contributed by atoms with Gasteiger partial charge in [-0.15, -0.1) is 0 Å². The summed E-state index contributed by atoms with van der Waals surface area (Å²) in [4.78, 5) is 3.94. The first kappa shape index (κ1) is 14.5. The van der Waals surface area contributed by atoms with Crippen LogP contribution in [0.4, 0.5) is 18.9 Å². The summed E-state index contributed by atoms with van der Waals surface area (Å²) >= 11 is 5.73. The molecule has 0 aliphatic rings. The van der Waals surface area contributed by atoms with Gasteiger partial charge in [0.1, 0.15) is 5.70 Å². The van der Waals surface area contributed by atoms with Gasteiger partial charge >= 0.3 is 6.18 Å². The molecule has 1 rings (SSSR count). The normalized spacial score (nSPS) is 13.8. The molecule has 0 aliphatic carbocycles. The Morgan fingerprint density at radius 2 is 2.06 bits per heavy atom. The third-order valence-electron chi connectivity index (χ3n) is 1.94. The Bertz CT molecular complexity index is 481. The highest BCUT2D eigenvalue weighted by atomic mass is 35.5. The zero-order valence-corrected chi connectivity index (χ0v) is 9.96. The molecule has 0 unspecified atom stereocenters. The minimum Gasteiger partial charge on any atom is -0.395 e. The van der Waals surface area contributed by atoms with Gasteiger partial charge in [-0.05, 0) is 24.3 Å². The minimum absolute atomic E-state index is 0.0205. The second-order valence-corrected chi connectivity index (χ2v) is 3.82. The number of nitrogens with two attached hydrogens (primary N) is 2. The van der Waals surface area contributed by atoms with Crippen molar-refractivity contribution in [1.82, 2.24) is 0 Å². The molecule has 18 heavy (non-hydrogen) atoms. The summed E-state index contributed by atoms with van der Waals surface area (Å²) in [5, 5.41) is 0.431. The number of nitrogens with zero attached hydrogens (tertiary/aromatic N) is 1. The molecule has 0 fully saturated rings. The molecule has 98 valence electrons. The Kier molecular flexibility index (Phi) is 4.75. The minimum atomic E-state index is -4.59. The molecule has 1 aromatic rings. The van der Waals surface area contributed by atoms with Crippen molar-refractivity contribution >= 4 is 23.0 Å². The Balaban J connectivity index is 3.04. The van der Waals surface area contributed by atoms with Gasteiger partial charge in [0.2, 0.25) is 0 Å². The van der Waals surface area contributed by atoms with Crippen LogP contribution >= 0.6 is 11.6 Å². The van der Waals surface area contributed by atoms with Crippen LogP contribution in [0, 0.1) is 0 Å². The fourth-order valence-corrected chi connectivity index (χ4v) is 1.29. The third-order valence-corrected chi connectivity index (χ3v) is 2.17. The molecule has 0 heterocycles. The van der Waals surface area contributed by atoms with Gasteiger partial charge in [0, 0.05) is 11.6 Å². The lowest BCUT2D eigenvalue weighted by Crippen LogP contribution is -2.22. The number of rotatable bonds is 3. The van der Waals surface area contributed by atoms with Crippen molar-refractivity contribution in [3.05, 3.63) is 41.1 Å². The van der Waals surface area contributed by atoms with Crippen molar-refractivity contribution in [2.75, 3.05) is 6.54 Å². The fraction of sp³-hybridized carbons (Fsp3) is 0.182. The number of benzene rings is 1. The Labute approximate surface area is 107 Å². The lowest BCUT2D eigenvalue weighted by Gasteiger charge is -2.06. The van der Waals surface area contributed by atoms with Crippen molar-refractivity contribution in [3.63, 3.8) is 0 Å². The second kappa shape index (κ2) is 5.88. The molecular formula is C11H11ClF3N3. The second-order valence-electron chi connectivity index (χ2n) is 3.38. The zero-order chi connectivity index (χ0) is 13.8. The van der Waals surface area contributed by atoms with E-state index in [2.05, 4.69) is 4.99 Å². The standard InChI is InChI=1S/C11H11ClF3N3/c12-7-2-1-3-8(4-7)18-9(6-16)5-10(17)11(13,14)15/h1-5H,6,16-17H2. The van der Waals surface area contributed by atoms with E-state index < -0.39 is 11.9 Å². The van der Waals surface area contributed by atoms with E-state index in [0.29, 0.717) is 16.8 Å². The van der Waals surface area contributed by atoms with Gasteiger partial charge in [0.05, 0.1) is 11.4 Å². The number of hydrogen-bond acceptors (Lipinski definition) is 3. The average molecular weight is 278 g/mol. The average Bonchev–Trinajstić information content (AvgIpc) is 2.26. The van der Waals surface area contributed by atoms with Crippen molar-refractivity contribution in [2.24, 2.45) is 16.5 Å². The summed E-state index contributed by atoms with van der Waals surface area (Å²) in [6.45, 7) is -0.163. The smallest absolute Gasteiger partial charge is 0.395 e. The van der Waals surface area contributed by atoms with Gasteiger partial charge in [0.25, 0.3) is 0 Å². The van der Waals surface area contributed by atoms with Crippen LogP contribution in [0.1, 0.15) is 0 Å². The molecule has 0 spiro atoms. The Morgan fingerprint density at radius 3 is 2.56 bits per heavy atom. The lowest BCUT2D eigenvalue weighted by atomic mass is 10.2. The fourth-order valence-electron chi connectivity index (χ4n) is 1.11. The molecule has 3 nitrogen and oxygen atoms in total. The van der Waals surface area contributed by atoms with E-state index in [1.165, 1.54) is 6.07 Å². The molecule has 7 heteroatoms. The monoisotopic (exact) mass is 277 g/mol. The maximum absolute atomic E-state index is 12.2. The molecular weight excluding hydrogens is 267 g/mol. The first-order valence-corrected chi connectivity index (χ1v) is 5.28. The van der Waals surface area contributed by atoms with Crippen LogP contribution in [-0.4, -0.2) is 18.4 Å². The summed E-state index contributed by atoms with van der Waals surface area (Å²) in [7, 11) is 0. The van der Waals surface area contributed by atoms with E-state index in [1.54, 1.807) is 18.2 Å². The van der Waals surface area contributed by atoms with Gasteiger partial charge < -0.3 is 11.5 Å². The first-order valence-electron chi connectivity index (χ1n) is 4.90. The van der Waals surface area contributed by atoms with E-state index in [4.69, 9.17) is 23.1 Å². The van der Waals surface area contributed by atoms with Crippen LogP contribution in [0.15, 0.2) is 41.0 Å². The number of hydrogen-bond donors (Lipinski definition) is 2. The van der Waals surface area contributed by atoms with Gasteiger partial charge in [-0.25, -0.2) is 0 Å². The zero-order valence-electron chi connectivity index (χ0n) is 9.21. The van der Waals surface area contributed by atoms with Crippen LogP contribution in [0.25, 0.3) is 0 Å². The highest BCUT2D eigenvalue weighted by Gasteiger charge is 2.31. The summed E-state index contributed by atoms with van der Waals surface area (Å²) in [6.07, 6.45) is -3.88. The van der Waals surface area contributed by atoms with Gasteiger partial charge in [-0.1, -0.05) is 17.7 Å². The summed E-state index contributed by atoms with van der Waals surface area (Å²) in [6, 6.07) is 6.36. The maximum Gasteiger partial charge on any atom is 0.430 e. The van der Waals surface area contributed by atoms with Crippen molar-refractivity contribution in [3.8, 4) is 0 Å². The van der Waals surface area contributed by atoms with E-state index in [9.17, 15) is 13.2 Å². The lowest BCUT2D eigenvalue weighted by molar-refractivity contribution is -0.0925. The van der Waals surface area contributed by atoms with E-state index in [0.717, 1.165) is 0 Å². The predicted molar refractivity (Wildman–Crippen MR) is 65.9 cm³/mol. The number of allylic oxidation sites excluding steroid dienone is 1. The number of halogens is 4. The number of aliphatic imine (C=N–C) groups is 1. The van der Waals surface area contributed by atoms with Crippen LogP contribution in [0.2, 0.25) is 5.02 Å². The first-order chi connectivity index (χ1) is 8.32. The van der Waals surface area contributed by atoms with Crippen LogP contribution in [-0.2, 0) is 0 Å². The van der Waals surface area contributed by atoms with Crippen molar-refractivity contribution < 1.29 is 13.2 Å². The van der Waals surface area contributed by atoms with E-state index >= 15 is 0 Å². The summed E-state index contributed by atoms with van der Waals surface area (Å²) in [5.41, 5.74) is 9.39. The topological polar surface area (TPSA) is 64.4 Å². The summed E-state index contributed by atoms with van der Waals surface area (Å²) in [5.74, 6) is 0. The molecule has 0 saturated heterocycles. The van der Waals surface area contributed by atoms with Gasteiger partial charge in [-0.3, -0.25) is 4.99 Å². The molecule has 0 amide bonds. The largest absolute Gasteiger partial charge is 0.430 e. The molecule has 0 bridgehead atoms. The highest BCUT2D eigenvalue weighted by Crippen LogP contribution is 2.22. The Morgan fingerprint density at radius 1 is 1.39 bits per heavy atom. The predicted octanol–water partition coefficient (Wildman–Crippen LogP) is 2.78. The van der Waals surface area contributed by atoms with Crippen LogP contribution < -0.4 is 11.5 Å². The van der Waals surface area contributed by atoms with Crippen LogP contribution in [0.5, 0.6) is 0 Å². The quantitative estimate of drug-likeness (QED) is 0.835. The van der Waals surface area contributed by atoms with Crippen molar-refractivity contribution in [2.45, 2.75) is 6.18 Å². The van der Waals surface area contributed by atoms with Gasteiger partial charge in [0.15, 0.2) is 0 Å². The molecule has 0 aliphatic heterocycles. The number of alkyl halides is 3. The SMILES string of the molecule is NCC(C=C(N)C(F)(F)F)=Nc1cccc(Cl)c1. The molecule has 4 N–H and O–H groups in total. The highest BCUT2D eigenvalue weighted by molar-refractivity contribution is 6.30. The van der Waals surface area contributed by atoms with E-state index in [1.807, 2.05) is 0 Å². The molecule has 1 aromatic carbocycles. The van der Waals surface area contributed by atoms with Crippen LogP contribution in [0.3, 0.4) is 0 Å². The molecule has 0 saturated carbocycles. The van der Waals surface area contributed by atoms with E-state index in [-0.39, 0.29) is 12.3 Å². The molecule has 0 atom stereocenters. The molecule has 0 radical (unpaired) electrons. The van der Waals surface area contributed by atoms with Crippen molar-refractivity contribution in [1.29, 1.82) is 0 Å². The van der Waals surface area contributed by atoms with Gasteiger partial charge in [-0.2, -0.15) is 13.2 Å². The maximum atomic E-state index is 12.2. The third kappa shape index (κ3) is 4.38. The molecule has 0 aromatic heterocycles. The summed E-state index contributed by atoms with van der Waals surface area (Å²) < 4.78 is 36.7. The Hall–Kier alpha value is -1.53.